The molecule has 2 amide bonds. The fourth-order valence-electron chi connectivity index (χ4n) is 4.13. The van der Waals surface area contributed by atoms with Gasteiger partial charge in [0.2, 0.25) is 15.9 Å². The number of carbonyl (C=O) groups excluding carboxylic acids is 3. The van der Waals surface area contributed by atoms with Crippen molar-refractivity contribution in [3.05, 3.63) is 35.4 Å². The van der Waals surface area contributed by atoms with Crippen LogP contribution in [0.1, 0.15) is 46.9 Å². The number of hydrogen-bond acceptors (Lipinski definition) is 5. The lowest BCUT2D eigenvalue weighted by Gasteiger charge is -2.27. The smallest absolute Gasteiger partial charge is 0.254 e. The van der Waals surface area contributed by atoms with Gasteiger partial charge in [0.25, 0.3) is 5.91 Å². The fraction of sp³-hybridized carbons (Fsp3) is 0.500. The zero-order chi connectivity index (χ0) is 19.1. The van der Waals surface area contributed by atoms with E-state index in [1.165, 1.54) is 0 Å². The van der Waals surface area contributed by atoms with Gasteiger partial charge in [0.05, 0.1) is 24.3 Å². The van der Waals surface area contributed by atoms with Crippen molar-refractivity contribution in [3.63, 3.8) is 0 Å². The SMILES string of the molecule is CCCC1C(=O)N(S(C)(=O)=O)[C@@H]2CCN(C(=O)c3ccc(C=O)cc3)C12. The van der Waals surface area contributed by atoms with Gasteiger partial charge in [0.1, 0.15) is 6.29 Å². The van der Waals surface area contributed by atoms with Crippen LogP contribution < -0.4 is 0 Å². The van der Waals surface area contributed by atoms with Crippen LogP contribution in [0, 0.1) is 5.92 Å². The standard InChI is InChI=1S/C18H22N2O5S/c1-3-4-14-16-15(20(18(14)23)26(2,24)25)9-10-19(16)17(22)13-7-5-12(11-21)6-8-13/h5-8,11,14-16H,3-4,9-10H2,1-2H3/t14?,15-,16?/m1/s1. The van der Waals surface area contributed by atoms with E-state index in [2.05, 4.69) is 0 Å². The molecule has 1 aromatic carbocycles. The van der Waals surface area contributed by atoms with E-state index < -0.39 is 33.9 Å². The van der Waals surface area contributed by atoms with Crippen molar-refractivity contribution in [2.24, 2.45) is 5.92 Å². The third-order valence-corrected chi connectivity index (χ3v) is 6.34. The number of hydrogen-bond donors (Lipinski definition) is 0. The van der Waals surface area contributed by atoms with Gasteiger partial charge in [-0.05, 0) is 25.0 Å². The van der Waals surface area contributed by atoms with Gasteiger partial charge in [-0.15, -0.1) is 0 Å². The number of benzene rings is 1. The number of carbonyl (C=O) groups is 3. The van der Waals surface area contributed by atoms with Crippen LogP contribution >= 0.6 is 0 Å². The third-order valence-electron chi connectivity index (χ3n) is 5.18. The molecule has 0 radical (unpaired) electrons. The maximum atomic E-state index is 13.0. The molecule has 26 heavy (non-hydrogen) atoms. The Hall–Kier alpha value is -2.22. The number of nitrogens with zero attached hydrogens (tertiary/aromatic N) is 2. The summed E-state index contributed by atoms with van der Waals surface area (Å²) in [6.07, 6.45) is 3.46. The van der Waals surface area contributed by atoms with Crippen molar-refractivity contribution in [2.75, 3.05) is 12.8 Å². The Morgan fingerprint density at radius 3 is 2.46 bits per heavy atom. The highest BCUT2D eigenvalue weighted by Crippen LogP contribution is 2.40. The first-order valence-corrected chi connectivity index (χ1v) is 10.5. The van der Waals surface area contributed by atoms with Crippen LogP contribution in [0.5, 0.6) is 0 Å². The van der Waals surface area contributed by atoms with Crippen LogP contribution in [-0.2, 0) is 14.8 Å². The molecule has 2 saturated heterocycles. The molecule has 0 saturated carbocycles. The van der Waals surface area contributed by atoms with Gasteiger partial charge >= 0.3 is 0 Å². The van der Waals surface area contributed by atoms with E-state index in [0.29, 0.717) is 36.8 Å². The fourth-order valence-corrected chi connectivity index (χ4v) is 5.32. The van der Waals surface area contributed by atoms with Crippen molar-refractivity contribution in [1.29, 1.82) is 0 Å². The molecule has 3 rings (SSSR count). The van der Waals surface area contributed by atoms with E-state index in [0.717, 1.165) is 17.0 Å². The van der Waals surface area contributed by atoms with Gasteiger partial charge in [0, 0.05) is 17.7 Å². The van der Waals surface area contributed by atoms with Crippen molar-refractivity contribution in [3.8, 4) is 0 Å². The summed E-state index contributed by atoms with van der Waals surface area (Å²) in [5.41, 5.74) is 0.903. The lowest BCUT2D eigenvalue weighted by atomic mass is 9.94. The minimum Gasteiger partial charge on any atom is -0.333 e. The average Bonchev–Trinajstić information content (AvgIpc) is 3.12. The predicted octanol–water partition coefficient (Wildman–Crippen LogP) is 1.30. The lowest BCUT2D eigenvalue weighted by Crippen LogP contribution is -2.43. The third kappa shape index (κ3) is 3.02. The summed E-state index contributed by atoms with van der Waals surface area (Å²) in [7, 11) is -3.67. The molecule has 0 spiro atoms. The van der Waals surface area contributed by atoms with E-state index in [1.54, 1.807) is 29.2 Å². The molecule has 7 nitrogen and oxygen atoms in total. The minimum atomic E-state index is -3.67. The van der Waals surface area contributed by atoms with Gasteiger partial charge in [-0.2, -0.15) is 0 Å². The Morgan fingerprint density at radius 2 is 1.92 bits per heavy atom. The Kier molecular flexibility index (Phi) is 4.88. The summed E-state index contributed by atoms with van der Waals surface area (Å²) in [4.78, 5) is 38.1. The van der Waals surface area contributed by atoms with Crippen LogP contribution in [0.3, 0.4) is 0 Å². The van der Waals surface area contributed by atoms with Crippen molar-refractivity contribution in [1.82, 2.24) is 9.21 Å². The van der Waals surface area contributed by atoms with Crippen LogP contribution in [0.2, 0.25) is 0 Å². The highest BCUT2D eigenvalue weighted by molar-refractivity contribution is 7.88. The average molecular weight is 378 g/mol. The molecule has 0 N–H and O–H groups in total. The molecule has 140 valence electrons. The molecular weight excluding hydrogens is 356 g/mol. The number of sulfonamides is 1. The Morgan fingerprint density at radius 1 is 1.27 bits per heavy atom. The van der Waals surface area contributed by atoms with Crippen molar-refractivity contribution < 1.29 is 22.8 Å². The quantitative estimate of drug-likeness (QED) is 0.720. The molecule has 2 aliphatic heterocycles. The number of fused-ring (bicyclic) bond motifs is 1. The number of aldehydes is 1. The predicted molar refractivity (Wildman–Crippen MR) is 95.1 cm³/mol. The molecule has 0 bridgehead atoms. The summed E-state index contributed by atoms with van der Waals surface area (Å²) in [6, 6.07) is 5.38. The van der Waals surface area contributed by atoms with E-state index in [1.807, 2.05) is 6.92 Å². The van der Waals surface area contributed by atoms with Gasteiger partial charge in [-0.1, -0.05) is 25.5 Å². The Balaban J connectivity index is 1.93. The summed E-state index contributed by atoms with van der Waals surface area (Å²) in [5, 5.41) is 0. The number of amides is 2. The lowest BCUT2D eigenvalue weighted by molar-refractivity contribution is -0.128. The molecule has 3 atom stereocenters. The zero-order valence-corrected chi connectivity index (χ0v) is 15.6. The first kappa shape index (κ1) is 18.6. The first-order chi connectivity index (χ1) is 12.3. The molecule has 2 unspecified atom stereocenters. The molecule has 2 fully saturated rings. The normalized spacial score (nSPS) is 25.5. The summed E-state index contributed by atoms with van der Waals surface area (Å²) < 4.78 is 25.2. The zero-order valence-electron chi connectivity index (χ0n) is 14.8. The molecule has 0 aromatic heterocycles. The van der Waals surface area contributed by atoms with Crippen LogP contribution in [0.4, 0.5) is 0 Å². The van der Waals surface area contributed by atoms with Gasteiger partial charge in [-0.3, -0.25) is 14.4 Å². The largest absolute Gasteiger partial charge is 0.333 e. The topological polar surface area (TPSA) is 91.8 Å². The second kappa shape index (κ2) is 6.83. The van der Waals surface area contributed by atoms with E-state index in [-0.39, 0.29) is 5.91 Å². The van der Waals surface area contributed by atoms with Crippen molar-refractivity contribution in [2.45, 2.75) is 38.3 Å². The van der Waals surface area contributed by atoms with Gasteiger partial charge in [-0.25, -0.2) is 12.7 Å². The van der Waals surface area contributed by atoms with Gasteiger partial charge < -0.3 is 4.90 Å². The molecule has 0 aliphatic carbocycles. The second-order valence-electron chi connectivity index (χ2n) is 6.88. The molecular formula is C18H22N2O5S. The summed E-state index contributed by atoms with van der Waals surface area (Å²) in [6.45, 7) is 2.34. The van der Waals surface area contributed by atoms with Crippen molar-refractivity contribution >= 4 is 28.1 Å². The van der Waals surface area contributed by atoms with E-state index >= 15 is 0 Å². The monoisotopic (exact) mass is 378 g/mol. The maximum Gasteiger partial charge on any atom is 0.254 e. The second-order valence-corrected chi connectivity index (χ2v) is 8.74. The number of rotatable bonds is 5. The molecule has 1 aromatic rings. The minimum absolute atomic E-state index is 0.237. The Labute approximate surface area is 153 Å². The van der Waals surface area contributed by atoms with Crippen LogP contribution in [0.25, 0.3) is 0 Å². The first-order valence-electron chi connectivity index (χ1n) is 8.69. The highest BCUT2D eigenvalue weighted by Gasteiger charge is 2.57. The summed E-state index contributed by atoms with van der Waals surface area (Å²) >= 11 is 0. The highest BCUT2D eigenvalue weighted by atomic mass is 32.2. The molecule has 2 heterocycles. The maximum absolute atomic E-state index is 13.0. The van der Waals surface area contributed by atoms with Crippen LogP contribution in [-0.4, -0.2) is 60.6 Å². The van der Waals surface area contributed by atoms with E-state index in [9.17, 15) is 22.8 Å². The van der Waals surface area contributed by atoms with Gasteiger partial charge in [0.15, 0.2) is 0 Å². The Bertz CT molecular complexity index is 834. The van der Waals surface area contributed by atoms with E-state index in [4.69, 9.17) is 0 Å². The number of likely N-dealkylation sites (tertiary alicyclic amines) is 1. The summed E-state index contributed by atoms with van der Waals surface area (Å²) in [5.74, 6) is -1.14. The molecule has 8 heteroatoms. The molecule has 2 aliphatic rings. The van der Waals surface area contributed by atoms with Crippen LogP contribution in [0.15, 0.2) is 24.3 Å².